The van der Waals surface area contributed by atoms with E-state index in [0.29, 0.717) is 17.5 Å². The van der Waals surface area contributed by atoms with E-state index in [-0.39, 0.29) is 12.2 Å². The second-order valence-corrected chi connectivity index (χ2v) is 5.31. The molecule has 1 aliphatic rings. The van der Waals surface area contributed by atoms with Crippen molar-refractivity contribution in [2.45, 2.75) is 38.9 Å². The van der Waals surface area contributed by atoms with Crippen LogP contribution in [0.5, 0.6) is 0 Å². The van der Waals surface area contributed by atoms with Gasteiger partial charge in [-0.25, -0.2) is 0 Å². The van der Waals surface area contributed by atoms with Crippen molar-refractivity contribution in [3.8, 4) is 0 Å². The van der Waals surface area contributed by atoms with Gasteiger partial charge in [-0.15, -0.1) is 0 Å². The highest BCUT2D eigenvalue weighted by atomic mass is 32.1. The van der Waals surface area contributed by atoms with E-state index < -0.39 is 0 Å². The van der Waals surface area contributed by atoms with E-state index in [2.05, 4.69) is 4.90 Å². The summed E-state index contributed by atoms with van der Waals surface area (Å²) in [5.74, 6) is 0.461. The van der Waals surface area contributed by atoms with E-state index in [9.17, 15) is 5.11 Å². The van der Waals surface area contributed by atoms with E-state index in [0.717, 1.165) is 32.5 Å². The average Bonchev–Trinajstić information content (AvgIpc) is 2.29. The lowest BCUT2D eigenvalue weighted by Gasteiger charge is -2.33. The predicted octanol–water partition coefficient (Wildman–Crippen LogP) is 0.770. The molecule has 1 aliphatic heterocycles. The highest BCUT2D eigenvalue weighted by Crippen LogP contribution is 2.20. The van der Waals surface area contributed by atoms with Gasteiger partial charge in [-0.1, -0.05) is 12.2 Å². The van der Waals surface area contributed by atoms with E-state index >= 15 is 0 Å². The molecule has 1 fully saturated rings. The second-order valence-electron chi connectivity index (χ2n) is 4.84. The van der Waals surface area contributed by atoms with Crippen molar-refractivity contribution in [1.82, 2.24) is 4.90 Å². The molecule has 2 atom stereocenters. The fourth-order valence-electron chi connectivity index (χ4n) is 2.10. The van der Waals surface area contributed by atoms with Crippen LogP contribution in [-0.4, -0.2) is 53.4 Å². The van der Waals surface area contributed by atoms with Crippen LogP contribution in [0.4, 0.5) is 0 Å². The third-order valence-electron chi connectivity index (χ3n) is 3.49. The Bertz CT molecular complexity index is 241. The minimum atomic E-state index is -0.178. The van der Waals surface area contributed by atoms with Crippen LogP contribution in [-0.2, 0) is 4.74 Å². The summed E-state index contributed by atoms with van der Waals surface area (Å²) in [5, 5.41) is 9.50. The number of likely N-dealkylation sites (tertiary alicyclic amines) is 1. The molecule has 0 aromatic heterocycles. The highest BCUT2D eigenvalue weighted by molar-refractivity contribution is 7.80. The number of piperidine rings is 1. The zero-order chi connectivity index (χ0) is 12.8. The number of hydrogen-bond acceptors (Lipinski definition) is 4. The number of nitrogens with two attached hydrogens (primary N) is 1. The lowest BCUT2D eigenvalue weighted by Crippen LogP contribution is -2.39. The Balaban J connectivity index is 2.12. The van der Waals surface area contributed by atoms with Gasteiger partial charge >= 0.3 is 0 Å². The molecule has 0 radical (unpaired) electrons. The molecule has 0 amide bonds. The molecular formula is C12H24N2O2S. The van der Waals surface area contributed by atoms with Gasteiger partial charge in [0.15, 0.2) is 0 Å². The number of nitrogens with zero attached hydrogens (tertiary/aromatic N) is 1. The maximum absolute atomic E-state index is 9.50. The third kappa shape index (κ3) is 5.29. The molecule has 2 unspecified atom stereocenters. The summed E-state index contributed by atoms with van der Waals surface area (Å²) in [5.41, 5.74) is 5.47. The minimum absolute atomic E-state index is 0.139. The van der Waals surface area contributed by atoms with Crippen molar-refractivity contribution in [2.24, 2.45) is 11.7 Å². The fraction of sp³-hybridized carbons (Fsp3) is 0.917. The molecule has 0 bridgehead atoms. The van der Waals surface area contributed by atoms with Crippen LogP contribution in [0, 0.1) is 5.92 Å². The van der Waals surface area contributed by atoms with Crippen LogP contribution in [0.15, 0.2) is 0 Å². The molecule has 100 valence electrons. The molecule has 0 aromatic rings. The van der Waals surface area contributed by atoms with Gasteiger partial charge in [-0.2, -0.15) is 0 Å². The SMILES string of the molecule is CC(OCCN1CCC(C(C)O)CC1)C(N)=S. The summed E-state index contributed by atoms with van der Waals surface area (Å²) < 4.78 is 5.52. The first-order valence-electron chi connectivity index (χ1n) is 6.32. The Morgan fingerprint density at radius 1 is 1.47 bits per heavy atom. The largest absolute Gasteiger partial charge is 0.393 e. The number of aliphatic hydroxyl groups is 1. The van der Waals surface area contributed by atoms with Crippen molar-refractivity contribution in [3.05, 3.63) is 0 Å². The maximum atomic E-state index is 9.50. The molecule has 0 aromatic carbocycles. The molecule has 1 rings (SSSR count). The zero-order valence-electron chi connectivity index (χ0n) is 10.8. The third-order valence-corrected chi connectivity index (χ3v) is 3.82. The standard InChI is InChI=1S/C12H24N2O2S/c1-9(15)11-3-5-14(6-4-11)7-8-16-10(2)12(13)17/h9-11,15H,3-8H2,1-2H3,(H2,13,17). The summed E-state index contributed by atoms with van der Waals surface area (Å²) in [6.07, 6.45) is 1.83. The van der Waals surface area contributed by atoms with Gasteiger partial charge in [0.1, 0.15) is 11.1 Å². The second kappa shape index (κ2) is 7.26. The van der Waals surface area contributed by atoms with Gasteiger partial charge in [-0.05, 0) is 45.7 Å². The highest BCUT2D eigenvalue weighted by Gasteiger charge is 2.22. The smallest absolute Gasteiger partial charge is 0.104 e. The van der Waals surface area contributed by atoms with E-state index in [1.165, 1.54) is 0 Å². The van der Waals surface area contributed by atoms with Crippen LogP contribution in [0.3, 0.4) is 0 Å². The number of aliphatic hydroxyl groups excluding tert-OH is 1. The maximum Gasteiger partial charge on any atom is 0.104 e. The van der Waals surface area contributed by atoms with Crippen molar-refractivity contribution in [3.63, 3.8) is 0 Å². The average molecular weight is 260 g/mol. The summed E-state index contributed by atoms with van der Waals surface area (Å²) >= 11 is 4.84. The Hall–Kier alpha value is -0.230. The van der Waals surface area contributed by atoms with Crippen LogP contribution in [0.2, 0.25) is 0 Å². The zero-order valence-corrected chi connectivity index (χ0v) is 11.6. The van der Waals surface area contributed by atoms with E-state index in [1.807, 2.05) is 13.8 Å². The summed E-state index contributed by atoms with van der Waals surface area (Å²) in [7, 11) is 0. The normalized spacial score (nSPS) is 22.3. The van der Waals surface area contributed by atoms with Crippen LogP contribution in [0.1, 0.15) is 26.7 Å². The quantitative estimate of drug-likeness (QED) is 0.691. The fourth-order valence-corrected chi connectivity index (χ4v) is 2.17. The Kier molecular flexibility index (Phi) is 6.33. The van der Waals surface area contributed by atoms with Gasteiger partial charge in [-0.3, -0.25) is 0 Å². The Labute approximate surface area is 109 Å². The predicted molar refractivity (Wildman–Crippen MR) is 73.0 cm³/mol. The Morgan fingerprint density at radius 3 is 2.53 bits per heavy atom. The monoisotopic (exact) mass is 260 g/mol. The molecule has 0 aliphatic carbocycles. The van der Waals surface area contributed by atoms with Gasteiger partial charge in [0.05, 0.1) is 12.7 Å². The molecule has 1 heterocycles. The van der Waals surface area contributed by atoms with Crippen molar-refractivity contribution in [1.29, 1.82) is 0 Å². The number of hydrogen-bond donors (Lipinski definition) is 2. The first kappa shape index (κ1) is 14.8. The first-order valence-corrected chi connectivity index (χ1v) is 6.73. The number of rotatable bonds is 6. The minimum Gasteiger partial charge on any atom is -0.393 e. The lowest BCUT2D eigenvalue weighted by atomic mass is 9.92. The van der Waals surface area contributed by atoms with Crippen molar-refractivity contribution in [2.75, 3.05) is 26.2 Å². The Morgan fingerprint density at radius 2 is 2.06 bits per heavy atom. The first-order chi connectivity index (χ1) is 8.00. The molecule has 5 heteroatoms. The number of thiocarbonyl (C=S) groups is 1. The molecule has 4 nitrogen and oxygen atoms in total. The van der Waals surface area contributed by atoms with Crippen LogP contribution < -0.4 is 5.73 Å². The van der Waals surface area contributed by atoms with Crippen LogP contribution in [0.25, 0.3) is 0 Å². The lowest BCUT2D eigenvalue weighted by molar-refractivity contribution is 0.0468. The molecule has 3 N–H and O–H groups in total. The topological polar surface area (TPSA) is 58.7 Å². The van der Waals surface area contributed by atoms with Gasteiger partial charge in [0, 0.05) is 6.54 Å². The van der Waals surface area contributed by atoms with Crippen LogP contribution >= 0.6 is 12.2 Å². The molecule has 0 saturated carbocycles. The van der Waals surface area contributed by atoms with E-state index in [1.54, 1.807) is 0 Å². The van der Waals surface area contributed by atoms with Crippen molar-refractivity contribution >= 4 is 17.2 Å². The molecule has 17 heavy (non-hydrogen) atoms. The molecule has 0 spiro atoms. The summed E-state index contributed by atoms with van der Waals surface area (Å²) in [6, 6.07) is 0. The van der Waals surface area contributed by atoms with Gasteiger partial charge in [0.25, 0.3) is 0 Å². The van der Waals surface area contributed by atoms with Gasteiger partial charge < -0.3 is 20.5 Å². The summed E-state index contributed by atoms with van der Waals surface area (Å²) in [6.45, 7) is 7.42. The summed E-state index contributed by atoms with van der Waals surface area (Å²) in [4.78, 5) is 2.78. The van der Waals surface area contributed by atoms with Gasteiger partial charge in [0.2, 0.25) is 0 Å². The molecular weight excluding hydrogens is 236 g/mol. The van der Waals surface area contributed by atoms with Crippen molar-refractivity contribution < 1.29 is 9.84 Å². The molecule has 1 saturated heterocycles. The van der Waals surface area contributed by atoms with E-state index in [4.69, 9.17) is 22.7 Å². The number of ether oxygens (including phenoxy) is 1.